The van der Waals surface area contributed by atoms with Crippen molar-refractivity contribution in [2.45, 2.75) is 13.5 Å². The molecule has 2 aromatic carbocycles. The van der Waals surface area contributed by atoms with E-state index in [1.54, 1.807) is 30.3 Å². The van der Waals surface area contributed by atoms with E-state index in [1.807, 2.05) is 12.1 Å². The van der Waals surface area contributed by atoms with Crippen LogP contribution in [0.5, 0.6) is 11.5 Å². The Morgan fingerprint density at radius 2 is 1.95 bits per heavy atom. The minimum atomic E-state index is -0.112. The van der Waals surface area contributed by atoms with Crippen LogP contribution in [0.4, 0.5) is 0 Å². The maximum atomic E-state index is 11.2. The van der Waals surface area contributed by atoms with Crippen molar-refractivity contribution in [2.24, 2.45) is 0 Å². The molecule has 0 saturated carbocycles. The zero-order valence-corrected chi connectivity index (χ0v) is 11.1. The molecule has 0 bridgehead atoms. The van der Waals surface area contributed by atoms with Crippen LogP contribution < -0.4 is 4.74 Å². The second-order valence-corrected chi connectivity index (χ2v) is 4.48. The predicted molar refractivity (Wildman–Crippen MR) is 73.9 cm³/mol. The highest BCUT2D eigenvalue weighted by Gasteiger charge is 2.09. The Morgan fingerprint density at radius 1 is 1.21 bits per heavy atom. The van der Waals surface area contributed by atoms with Crippen LogP contribution in [0, 0.1) is 0 Å². The van der Waals surface area contributed by atoms with E-state index in [9.17, 15) is 9.90 Å². The Kier molecular flexibility index (Phi) is 4.20. The number of para-hydroxylation sites is 1. The highest BCUT2D eigenvalue weighted by molar-refractivity contribution is 6.32. The van der Waals surface area contributed by atoms with Crippen LogP contribution in [0.2, 0.25) is 5.02 Å². The molecule has 0 aliphatic carbocycles. The van der Waals surface area contributed by atoms with Gasteiger partial charge in [0.1, 0.15) is 11.5 Å². The summed E-state index contributed by atoms with van der Waals surface area (Å²) in [5.41, 5.74) is 1.21. The van der Waals surface area contributed by atoms with Crippen molar-refractivity contribution in [3.8, 4) is 11.5 Å². The highest BCUT2D eigenvalue weighted by atomic mass is 35.5. The minimum Gasteiger partial charge on any atom is -0.455 e. The first-order valence-electron chi connectivity index (χ1n) is 5.79. The molecule has 0 aliphatic rings. The average Bonchev–Trinajstić information content (AvgIpc) is 2.41. The quantitative estimate of drug-likeness (QED) is 0.864. The van der Waals surface area contributed by atoms with Gasteiger partial charge in [-0.3, -0.25) is 4.79 Å². The molecule has 1 N–H and O–H groups in total. The SMILES string of the molecule is CC(=O)c1ccc(Oc2ccccc2CO)c(Cl)c1. The Bertz CT molecular complexity index is 608. The molecule has 0 aliphatic heterocycles. The molecule has 3 nitrogen and oxygen atoms in total. The summed E-state index contributed by atoms with van der Waals surface area (Å²) in [6.07, 6.45) is 0. The molecule has 98 valence electrons. The first-order valence-corrected chi connectivity index (χ1v) is 6.16. The van der Waals surface area contributed by atoms with E-state index < -0.39 is 0 Å². The molecule has 0 radical (unpaired) electrons. The summed E-state index contributed by atoms with van der Waals surface area (Å²) < 4.78 is 5.66. The number of halogens is 1. The number of hydrogen-bond acceptors (Lipinski definition) is 3. The van der Waals surface area contributed by atoms with E-state index in [2.05, 4.69) is 0 Å². The van der Waals surface area contributed by atoms with Crippen molar-refractivity contribution in [3.05, 3.63) is 58.6 Å². The van der Waals surface area contributed by atoms with E-state index in [-0.39, 0.29) is 12.4 Å². The molecule has 4 heteroatoms. The summed E-state index contributed by atoms with van der Waals surface area (Å²) in [7, 11) is 0. The normalized spacial score (nSPS) is 10.3. The molecular formula is C15H13ClO3. The van der Waals surface area contributed by atoms with Gasteiger partial charge in [-0.25, -0.2) is 0 Å². The van der Waals surface area contributed by atoms with Gasteiger partial charge in [-0.05, 0) is 31.2 Å². The summed E-state index contributed by atoms with van der Waals surface area (Å²) in [6.45, 7) is 1.37. The monoisotopic (exact) mass is 276 g/mol. The zero-order valence-electron chi connectivity index (χ0n) is 10.4. The smallest absolute Gasteiger partial charge is 0.159 e. The molecule has 0 spiro atoms. The fourth-order valence-corrected chi connectivity index (χ4v) is 1.87. The lowest BCUT2D eigenvalue weighted by Crippen LogP contribution is -1.95. The number of hydrogen-bond donors (Lipinski definition) is 1. The van der Waals surface area contributed by atoms with Gasteiger partial charge in [0.2, 0.25) is 0 Å². The van der Waals surface area contributed by atoms with E-state index in [0.717, 1.165) is 0 Å². The molecule has 0 heterocycles. The molecule has 0 atom stereocenters. The first-order chi connectivity index (χ1) is 9.11. The third-order valence-electron chi connectivity index (χ3n) is 2.70. The Labute approximate surface area is 116 Å². The lowest BCUT2D eigenvalue weighted by Gasteiger charge is -2.11. The van der Waals surface area contributed by atoms with Crippen molar-refractivity contribution in [1.82, 2.24) is 0 Å². The topological polar surface area (TPSA) is 46.5 Å². The fraction of sp³-hybridized carbons (Fsp3) is 0.133. The maximum absolute atomic E-state index is 11.2. The number of carbonyl (C=O) groups excluding carboxylic acids is 1. The summed E-state index contributed by atoms with van der Waals surface area (Å²) in [6, 6.07) is 12.0. The van der Waals surface area contributed by atoms with E-state index >= 15 is 0 Å². The maximum Gasteiger partial charge on any atom is 0.159 e. The number of aliphatic hydroxyl groups excluding tert-OH is 1. The Balaban J connectivity index is 2.31. The van der Waals surface area contributed by atoms with Crippen molar-refractivity contribution < 1.29 is 14.6 Å². The van der Waals surface area contributed by atoms with Gasteiger partial charge in [-0.15, -0.1) is 0 Å². The van der Waals surface area contributed by atoms with E-state index in [0.29, 0.717) is 27.6 Å². The molecule has 0 unspecified atom stereocenters. The molecule has 0 amide bonds. The van der Waals surface area contributed by atoms with Crippen LogP contribution in [0.15, 0.2) is 42.5 Å². The number of rotatable bonds is 4. The van der Waals surface area contributed by atoms with Crippen LogP contribution in [-0.2, 0) is 6.61 Å². The number of aliphatic hydroxyl groups is 1. The third-order valence-corrected chi connectivity index (χ3v) is 3.00. The van der Waals surface area contributed by atoms with Gasteiger partial charge in [-0.1, -0.05) is 29.8 Å². The molecule has 2 aromatic rings. The van der Waals surface area contributed by atoms with Gasteiger partial charge in [-0.2, -0.15) is 0 Å². The van der Waals surface area contributed by atoms with Crippen molar-refractivity contribution in [2.75, 3.05) is 0 Å². The van der Waals surface area contributed by atoms with Crippen LogP contribution in [0.3, 0.4) is 0 Å². The van der Waals surface area contributed by atoms with Crippen LogP contribution >= 0.6 is 11.6 Å². The van der Waals surface area contributed by atoms with Crippen LogP contribution in [0.25, 0.3) is 0 Å². The van der Waals surface area contributed by atoms with Gasteiger partial charge in [0.05, 0.1) is 11.6 Å². The number of ketones is 1. The molecule has 2 rings (SSSR count). The molecule has 0 saturated heterocycles. The van der Waals surface area contributed by atoms with Crippen LogP contribution in [0.1, 0.15) is 22.8 Å². The Hall–Kier alpha value is -1.84. The standard InChI is InChI=1S/C15H13ClO3/c1-10(18)11-6-7-15(13(16)8-11)19-14-5-3-2-4-12(14)9-17/h2-8,17H,9H2,1H3. The highest BCUT2D eigenvalue weighted by Crippen LogP contribution is 2.32. The largest absolute Gasteiger partial charge is 0.455 e. The summed E-state index contributed by atoms with van der Waals surface area (Å²) in [5, 5.41) is 9.59. The fourth-order valence-electron chi connectivity index (χ4n) is 1.66. The lowest BCUT2D eigenvalue weighted by molar-refractivity contribution is 0.101. The summed E-state index contributed by atoms with van der Waals surface area (Å²) in [5.74, 6) is 0.944. The molecule has 0 fully saturated rings. The van der Waals surface area contributed by atoms with Crippen molar-refractivity contribution >= 4 is 17.4 Å². The molecule has 0 aromatic heterocycles. The molecule has 19 heavy (non-hydrogen) atoms. The predicted octanol–water partition coefficient (Wildman–Crippen LogP) is 3.83. The number of benzene rings is 2. The third kappa shape index (κ3) is 3.13. The lowest BCUT2D eigenvalue weighted by atomic mass is 10.1. The molecular weight excluding hydrogens is 264 g/mol. The minimum absolute atomic E-state index is 0.0517. The van der Waals surface area contributed by atoms with E-state index in [1.165, 1.54) is 6.92 Å². The zero-order chi connectivity index (χ0) is 13.8. The summed E-state index contributed by atoms with van der Waals surface area (Å²) in [4.78, 5) is 11.2. The van der Waals surface area contributed by atoms with Gasteiger partial charge < -0.3 is 9.84 Å². The number of ether oxygens (including phenoxy) is 1. The number of Topliss-reactive ketones (excluding diaryl/α,β-unsaturated/α-hetero) is 1. The van der Waals surface area contributed by atoms with Crippen molar-refractivity contribution in [1.29, 1.82) is 0 Å². The first kappa shape index (κ1) is 13.6. The van der Waals surface area contributed by atoms with Gasteiger partial charge >= 0.3 is 0 Å². The summed E-state index contributed by atoms with van der Waals surface area (Å²) >= 11 is 6.08. The van der Waals surface area contributed by atoms with E-state index in [4.69, 9.17) is 16.3 Å². The Morgan fingerprint density at radius 3 is 2.58 bits per heavy atom. The second-order valence-electron chi connectivity index (χ2n) is 4.07. The number of carbonyl (C=O) groups is 1. The van der Waals surface area contributed by atoms with Crippen LogP contribution in [-0.4, -0.2) is 10.9 Å². The van der Waals surface area contributed by atoms with Gasteiger partial charge in [0.15, 0.2) is 5.78 Å². The van der Waals surface area contributed by atoms with Crippen molar-refractivity contribution in [3.63, 3.8) is 0 Å². The van der Waals surface area contributed by atoms with Gasteiger partial charge in [0, 0.05) is 11.1 Å². The average molecular weight is 277 g/mol. The second kappa shape index (κ2) is 5.87. The van der Waals surface area contributed by atoms with Gasteiger partial charge in [0.25, 0.3) is 0 Å².